The van der Waals surface area contributed by atoms with Crippen molar-refractivity contribution in [2.24, 2.45) is 5.10 Å². The lowest BCUT2D eigenvalue weighted by Gasteiger charge is -2.45. The van der Waals surface area contributed by atoms with E-state index < -0.39 is 12.2 Å². The highest BCUT2D eigenvalue weighted by molar-refractivity contribution is 6.01. The van der Waals surface area contributed by atoms with E-state index >= 15 is 0 Å². The van der Waals surface area contributed by atoms with Crippen molar-refractivity contribution in [1.29, 1.82) is 0 Å². The summed E-state index contributed by atoms with van der Waals surface area (Å²) in [6.45, 7) is 10.5. The van der Waals surface area contributed by atoms with Gasteiger partial charge in [-0.25, -0.2) is 14.1 Å². The Kier molecular flexibility index (Phi) is 5.11. The lowest BCUT2D eigenvalue weighted by Crippen LogP contribution is -2.67. The summed E-state index contributed by atoms with van der Waals surface area (Å²) in [5.41, 5.74) is 2.54. The van der Waals surface area contributed by atoms with Crippen molar-refractivity contribution in [3.63, 3.8) is 0 Å². The first kappa shape index (κ1) is 20.5. The number of fused-ring (bicyclic) bond motifs is 3. The molecule has 4 atom stereocenters. The molecule has 3 aliphatic heterocycles. The topological polar surface area (TPSA) is 71.5 Å². The summed E-state index contributed by atoms with van der Waals surface area (Å²) in [6, 6.07) is 4.84. The number of urea groups is 1. The first-order valence-electron chi connectivity index (χ1n) is 10.0. The quantitative estimate of drug-likeness (QED) is 0.761. The molecule has 1 N–H and O–H groups in total. The number of amides is 3. The van der Waals surface area contributed by atoms with Gasteiger partial charge in [0, 0.05) is 7.05 Å². The molecule has 30 heavy (non-hydrogen) atoms. The number of carbonyl (C=O) groups excluding carboxylic acids is 2. The summed E-state index contributed by atoms with van der Waals surface area (Å²) in [6.07, 6.45) is -0.781. The van der Waals surface area contributed by atoms with E-state index in [1.807, 2.05) is 25.8 Å². The summed E-state index contributed by atoms with van der Waals surface area (Å²) < 4.78 is 13.3. The Bertz CT molecular complexity index is 917. The van der Waals surface area contributed by atoms with E-state index in [9.17, 15) is 14.0 Å². The molecule has 160 valence electrons. The zero-order valence-corrected chi connectivity index (χ0v) is 17.7. The second kappa shape index (κ2) is 7.48. The van der Waals surface area contributed by atoms with Crippen molar-refractivity contribution < 1.29 is 14.0 Å². The van der Waals surface area contributed by atoms with Gasteiger partial charge in [0.05, 0.1) is 24.8 Å². The average molecular weight is 414 g/mol. The van der Waals surface area contributed by atoms with Gasteiger partial charge in [0.25, 0.3) is 5.91 Å². The molecule has 3 heterocycles. The molecule has 9 heteroatoms. The van der Waals surface area contributed by atoms with Gasteiger partial charge >= 0.3 is 6.03 Å². The van der Waals surface area contributed by atoms with Gasteiger partial charge in [0.15, 0.2) is 6.29 Å². The van der Waals surface area contributed by atoms with E-state index in [4.69, 9.17) is 0 Å². The van der Waals surface area contributed by atoms with E-state index in [1.54, 1.807) is 24.1 Å². The van der Waals surface area contributed by atoms with Gasteiger partial charge in [-0.1, -0.05) is 24.3 Å². The first-order valence-corrected chi connectivity index (χ1v) is 10.0. The van der Waals surface area contributed by atoms with E-state index in [2.05, 4.69) is 21.9 Å². The Morgan fingerprint density at radius 3 is 2.57 bits per heavy atom. The maximum Gasteiger partial charge on any atom is 0.328 e. The Morgan fingerprint density at radius 2 is 1.93 bits per heavy atom. The molecule has 2 fully saturated rings. The van der Waals surface area contributed by atoms with Crippen molar-refractivity contribution in [2.45, 2.75) is 51.9 Å². The smallest absolute Gasteiger partial charge is 0.310 e. The van der Waals surface area contributed by atoms with Gasteiger partial charge in [0.1, 0.15) is 18.0 Å². The van der Waals surface area contributed by atoms with Gasteiger partial charge in [-0.15, -0.1) is 0 Å². The van der Waals surface area contributed by atoms with Gasteiger partial charge in [-0.2, -0.15) is 5.10 Å². The fourth-order valence-electron chi connectivity index (χ4n) is 4.36. The van der Waals surface area contributed by atoms with Crippen LogP contribution in [0.2, 0.25) is 0 Å². The largest absolute Gasteiger partial charge is 0.328 e. The number of hydrazone groups is 1. The molecule has 1 aromatic rings. The molecular weight excluding hydrogens is 387 g/mol. The highest BCUT2D eigenvalue weighted by Gasteiger charge is 2.57. The SMILES string of the molecule is C=C(C)CN1N=C(C)C(C)N2C3C(=O)N(Cc4ccc(F)cc4)C(=O)N(C)C3NC12. The Balaban J connectivity index is 1.66. The number of rotatable bonds is 4. The van der Waals surface area contributed by atoms with Gasteiger partial charge in [0.2, 0.25) is 0 Å². The monoisotopic (exact) mass is 414 g/mol. The standard InChI is InChI=1S/C21H27FN6O2/c1-12(2)10-27-20-23-18-17(28(20)14(4)13(3)24-27)19(29)26(21(30)25(18)5)11-15-6-8-16(22)9-7-15/h6-9,14,17-18,20,23H,1,10-11H2,2-5H3. The molecule has 0 radical (unpaired) electrons. The van der Waals surface area contributed by atoms with Gasteiger partial charge in [-0.3, -0.25) is 20.0 Å². The fourth-order valence-corrected chi connectivity index (χ4v) is 4.36. The number of nitrogens with zero attached hydrogens (tertiary/aromatic N) is 5. The summed E-state index contributed by atoms with van der Waals surface area (Å²) in [5, 5.41) is 9.99. The zero-order chi connectivity index (χ0) is 21.7. The first-order chi connectivity index (χ1) is 14.2. The number of hydrogen-bond donors (Lipinski definition) is 1. The highest BCUT2D eigenvalue weighted by Crippen LogP contribution is 2.33. The summed E-state index contributed by atoms with van der Waals surface area (Å²) in [7, 11) is 1.69. The third-order valence-electron chi connectivity index (χ3n) is 6.00. The Morgan fingerprint density at radius 1 is 1.27 bits per heavy atom. The Labute approximate surface area is 175 Å². The molecule has 0 aromatic heterocycles. The molecule has 0 saturated carbocycles. The molecule has 3 aliphatic rings. The van der Waals surface area contributed by atoms with Crippen molar-refractivity contribution in [3.05, 3.63) is 47.8 Å². The van der Waals surface area contributed by atoms with Crippen LogP contribution in [0.3, 0.4) is 0 Å². The number of likely N-dealkylation sites (N-methyl/N-ethyl adjacent to an activating group) is 1. The number of imide groups is 1. The normalized spacial score (nSPS) is 29.1. The summed E-state index contributed by atoms with van der Waals surface area (Å²) in [5.74, 6) is -0.621. The molecule has 2 saturated heterocycles. The maximum atomic E-state index is 13.5. The summed E-state index contributed by atoms with van der Waals surface area (Å²) in [4.78, 5) is 31.4. The third-order valence-corrected chi connectivity index (χ3v) is 6.00. The van der Waals surface area contributed by atoms with Gasteiger partial charge < -0.3 is 4.90 Å². The number of carbonyl (C=O) groups is 2. The predicted molar refractivity (Wildman–Crippen MR) is 111 cm³/mol. The van der Waals surface area contributed by atoms with Crippen LogP contribution in [0.5, 0.6) is 0 Å². The minimum Gasteiger partial charge on any atom is -0.310 e. The highest BCUT2D eigenvalue weighted by atomic mass is 19.1. The second-order valence-electron chi connectivity index (χ2n) is 8.29. The molecule has 0 aliphatic carbocycles. The second-order valence-corrected chi connectivity index (χ2v) is 8.29. The van der Waals surface area contributed by atoms with Crippen molar-refractivity contribution >= 4 is 17.6 Å². The molecule has 0 bridgehead atoms. The molecule has 8 nitrogen and oxygen atoms in total. The van der Waals surface area contributed by atoms with Crippen LogP contribution in [0.15, 0.2) is 41.5 Å². The van der Waals surface area contributed by atoms with Gasteiger partial charge in [-0.05, 0) is 38.5 Å². The van der Waals surface area contributed by atoms with Crippen molar-refractivity contribution in [3.8, 4) is 0 Å². The fraction of sp³-hybridized carbons (Fsp3) is 0.476. The van der Waals surface area contributed by atoms with Crippen LogP contribution in [0.25, 0.3) is 0 Å². The lowest BCUT2D eigenvalue weighted by atomic mass is 10.0. The maximum absolute atomic E-state index is 13.5. The zero-order valence-electron chi connectivity index (χ0n) is 17.7. The van der Waals surface area contributed by atoms with Crippen LogP contribution in [0.1, 0.15) is 26.3 Å². The minimum absolute atomic E-state index is 0.0721. The van der Waals surface area contributed by atoms with Crippen LogP contribution in [-0.2, 0) is 11.3 Å². The van der Waals surface area contributed by atoms with E-state index in [0.717, 1.165) is 11.3 Å². The van der Waals surface area contributed by atoms with E-state index in [0.29, 0.717) is 12.1 Å². The van der Waals surface area contributed by atoms with Crippen molar-refractivity contribution in [1.82, 2.24) is 25.0 Å². The molecule has 4 rings (SSSR count). The molecule has 4 unspecified atom stereocenters. The third kappa shape index (κ3) is 3.27. The van der Waals surface area contributed by atoms with Crippen LogP contribution in [-0.4, -0.2) is 75.5 Å². The lowest BCUT2D eigenvalue weighted by molar-refractivity contribution is -0.140. The number of benzene rings is 1. The number of hydrogen-bond acceptors (Lipinski definition) is 6. The number of nitrogens with one attached hydrogen (secondary N) is 1. The predicted octanol–water partition coefficient (Wildman–Crippen LogP) is 1.76. The summed E-state index contributed by atoms with van der Waals surface area (Å²) >= 11 is 0. The van der Waals surface area contributed by atoms with E-state index in [1.165, 1.54) is 17.0 Å². The number of halogens is 1. The van der Waals surface area contributed by atoms with Crippen LogP contribution in [0, 0.1) is 5.82 Å². The van der Waals surface area contributed by atoms with E-state index in [-0.39, 0.29) is 36.6 Å². The molecular formula is C21H27FN6O2. The molecule has 1 aromatic carbocycles. The van der Waals surface area contributed by atoms with Crippen LogP contribution >= 0.6 is 0 Å². The van der Waals surface area contributed by atoms with Crippen LogP contribution in [0.4, 0.5) is 9.18 Å². The minimum atomic E-state index is -0.550. The molecule has 3 amide bonds. The average Bonchev–Trinajstić information content (AvgIpc) is 3.10. The van der Waals surface area contributed by atoms with Crippen LogP contribution < -0.4 is 5.32 Å². The molecule has 0 spiro atoms. The Hall–Kier alpha value is -2.78. The van der Waals surface area contributed by atoms with Crippen molar-refractivity contribution in [2.75, 3.05) is 13.6 Å².